The second-order valence-electron chi connectivity index (χ2n) is 5.72. The maximum absolute atomic E-state index is 13.0. The van der Waals surface area contributed by atoms with Gasteiger partial charge in [0, 0.05) is 12.1 Å². The molecule has 0 bridgehead atoms. The SMILES string of the molecule is CC(C)CC(C)(CN)NC(=O)Cc1cccc(F)c1.Cl. The Balaban J connectivity index is 0.00000361. The van der Waals surface area contributed by atoms with E-state index < -0.39 is 5.54 Å². The zero-order chi connectivity index (χ0) is 14.5. The summed E-state index contributed by atoms with van der Waals surface area (Å²) >= 11 is 0. The van der Waals surface area contributed by atoms with Gasteiger partial charge in [0.2, 0.25) is 5.91 Å². The molecule has 1 unspecified atom stereocenters. The van der Waals surface area contributed by atoms with E-state index in [0.717, 1.165) is 6.42 Å². The molecule has 0 aliphatic carbocycles. The number of hydrogen-bond acceptors (Lipinski definition) is 2. The molecule has 5 heteroatoms. The second kappa shape index (κ2) is 8.22. The van der Waals surface area contributed by atoms with Crippen molar-refractivity contribution in [1.29, 1.82) is 0 Å². The summed E-state index contributed by atoms with van der Waals surface area (Å²) in [6.07, 6.45) is 0.990. The lowest BCUT2D eigenvalue weighted by Gasteiger charge is -2.31. The molecule has 1 amide bonds. The molecule has 1 aromatic rings. The van der Waals surface area contributed by atoms with Crippen LogP contribution in [0.4, 0.5) is 4.39 Å². The summed E-state index contributed by atoms with van der Waals surface area (Å²) in [7, 11) is 0. The molecule has 0 radical (unpaired) electrons. The van der Waals surface area contributed by atoms with Crippen molar-refractivity contribution >= 4 is 18.3 Å². The minimum Gasteiger partial charge on any atom is -0.349 e. The van der Waals surface area contributed by atoms with Crippen LogP contribution in [0.1, 0.15) is 32.8 Å². The normalized spacial score (nSPS) is 13.5. The van der Waals surface area contributed by atoms with Crippen molar-refractivity contribution in [3.05, 3.63) is 35.6 Å². The van der Waals surface area contributed by atoms with Crippen molar-refractivity contribution in [1.82, 2.24) is 5.32 Å². The van der Waals surface area contributed by atoms with Gasteiger partial charge in [-0.1, -0.05) is 26.0 Å². The highest BCUT2D eigenvalue weighted by Crippen LogP contribution is 2.15. The fourth-order valence-corrected chi connectivity index (χ4v) is 2.30. The number of nitrogens with one attached hydrogen (secondary N) is 1. The first-order valence-electron chi connectivity index (χ1n) is 6.60. The van der Waals surface area contributed by atoms with Crippen LogP contribution in [0.5, 0.6) is 0 Å². The van der Waals surface area contributed by atoms with E-state index in [1.54, 1.807) is 12.1 Å². The first kappa shape index (κ1) is 18.9. The maximum atomic E-state index is 13.0. The predicted molar refractivity (Wildman–Crippen MR) is 82.4 cm³/mol. The van der Waals surface area contributed by atoms with Gasteiger partial charge in [0.1, 0.15) is 5.82 Å². The smallest absolute Gasteiger partial charge is 0.224 e. The molecular weight excluding hydrogens is 279 g/mol. The number of amides is 1. The lowest BCUT2D eigenvalue weighted by atomic mass is 9.90. The average Bonchev–Trinajstić information content (AvgIpc) is 2.27. The van der Waals surface area contributed by atoms with Gasteiger partial charge in [0.15, 0.2) is 0 Å². The van der Waals surface area contributed by atoms with Crippen LogP contribution in [0.3, 0.4) is 0 Å². The van der Waals surface area contributed by atoms with E-state index in [-0.39, 0.29) is 30.6 Å². The van der Waals surface area contributed by atoms with Crippen molar-refractivity contribution in [3.8, 4) is 0 Å². The largest absolute Gasteiger partial charge is 0.349 e. The van der Waals surface area contributed by atoms with Gasteiger partial charge < -0.3 is 11.1 Å². The Kier molecular flexibility index (Phi) is 7.76. The van der Waals surface area contributed by atoms with Crippen molar-refractivity contribution in [3.63, 3.8) is 0 Å². The van der Waals surface area contributed by atoms with Gasteiger partial charge in [-0.2, -0.15) is 0 Å². The van der Waals surface area contributed by atoms with Gasteiger partial charge >= 0.3 is 0 Å². The van der Waals surface area contributed by atoms with Crippen molar-refractivity contribution in [2.45, 2.75) is 39.2 Å². The molecule has 1 rings (SSSR count). The van der Waals surface area contributed by atoms with Crippen LogP contribution < -0.4 is 11.1 Å². The van der Waals surface area contributed by atoms with Crippen LogP contribution in [0, 0.1) is 11.7 Å². The van der Waals surface area contributed by atoms with Gasteiger partial charge in [0.25, 0.3) is 0 Å². The van der Waals surface area contributed by atoms with E-state index >= 15 is 0 Å². The highest BCUT2D eigenvalue weighted by Gasteiger charge is 2.25. The molecule has 3 N–H and O–H groups in total. The first-order chi connectivity index (χ1) is 8.84. The monoisotopic (exact) mass is 302 g/mol. The minimum atomic E-state index is -0.404. The van der Waals surface area contributed by atoms with Crippen molar-refractivity contribution in [2.75, 3.05) is 6.54 Å². The fraction of sp³-hybridized carbons (Fsp3) is 0.533. The number of benzene rings is 1. The Morgan fingerprint density at radius 2 is 2.10 bits per heavy atom. The molecule has 3 nitrogen and oxygen atoms in total. The molecule has 20 heavy (non-hydrogen) atoms. The third kappa shape index (κ3) is 6.35. The Morgan fingerprint density at radius 3 is 2.60 bits per heavy atom. The van der Waals surface area contributed by atoms with Crippen molar-refractivity contribution < 1.29 is 9.18 Å². The molecule has 0 aliphatic rings. The summed E-state index contributed by atoms with van der Waals surface area (Å²) in [4.78, 5) is 12.0. The van der Waals surface area contributed by atoms with Gasteiger partial charge in [-0.3, -0.25) is 4.79 Å². The van der Waals surface area contributed by atoms with Crippen LogP contribution in [0.15, 0.2) is 24.3 Å². The standard InChI is InChI=1S/C15H23FN2O.ClH/c1-11(2)9-15(3,10-17)18-14(19)8-12-5-4-6-13(16)7-12;/h4-7,11H,8-10,17H2,1-3H3,(H,18,19);1H. The number of carbonyl (C=O) groups is 1. The van der Waals surface area contributed by atoms with Crippen LogP contribution in [-0.4, -0.2) is 18.0 Å². The average molecular weight is 303 g/mol. The van der Waals surface area contributed by atoms with E-state index in [1.807, 2.05) is 6.92 Å². The van der Waals surface area contributed by atoms with Gasteiger partial charge in [0.05, 0.1) is 6.42 Å². The molecule has 0 saturated heterocycles. The molecule has 0 heterocycles. The number of nitrogens with two attached hydrogens (primary N) is 1. The topological polar surface area (TPSA) is 55.1 Å². The lowest BCUT2D eigenvalue weighted by molar-refractivity contribution is -0.122. The Hall–Kier alpha value is -1.13. The molecule has 0 saturated carbocycles. The molecule has 0 fully saturated rings. The van der Waals surface area contributed by atoms with Crippen LogP contribution in [0.25, 0.3) is 0 Å². The van der Waals surface area contributed by atoms with E-state index in [9.17, 15) is 9.18 Å². The molecule has 0 aromatic heterocycles. The molecular formula is C15H24ClFN2O. The summed E-state index contributed by atoms with van der Waals surface area (Å²) in [5.41, 5.74) is 6.01. The Bertz CT molecular complexity index is 440. The van der Waals surface area contributed by atoms with Crippen LogP contribution in [0.2, 0.25) is 0 Å². The number of halogens is 2. The zero-order valence-electron chi connectivity index (χ0n) is 12.3. The van der Waals surface area contributed by atoms with E-state index in [0.29, 0.717) is 18.0 Å². The van der Waals surface area contributed by atoms with Gasteiger partial charge in [-0.15, -0.1) is 12.4 Å². The summed E-state index contributed by atoms with van der Waals surface area (Å²) in [6, 6.07) is 6.09. The van der Waals surface area contributed by atoms with Gasteiger partial charge in [-0.05, 0) is 37.0 Å². The quantitative estimate of drug-likeness (QED) is 0.849. The van der Waals surface area contributed by atoms with E-state index in [4.69, 9.17) is 5.73 Å². The summed E-state index contributed by atoms with van der Waals surface area (Å²) in [5, 5.41) is 2.96. The van der Waals surface area contributed by atoms with E-state index in [1.165, 1.54) is 12.1 Å². The van der Waals surface area contributed by atoms with Crippen LogP contribution in [-0.2, 0) is 11.2 Å². The summed E-state index contributed by atoms with van der Waals surface area (Å²) in [6.45, 7) is 6.51. The molecule has 0 aliphatic heterocycles. The van der Waals surface area contributed by atoms with Crippen LogP contribution >= 0.6 is 12.4 Å². The predicted octanol–water partition coefficient (Wildman–Crippen LogP) is 2.67. The number of hydrogen-bond donors (Lipinski definition) is 2. The first-order valence-corrected chi connectivity index (χ1v) is 6.60. The number of carbonyl (C=O) groups excluding carboxylic acids is 1. The van der Waals surface area contributed by atoms with Gasteiger partial charge in [-0.25, -0.2) is 4.39 Å². The second-order valence-corrected chi connectivity index (χ2v) is 5.72. The number of rotatable bonds is 6. The third-order valence-corrected chi connectivity index (χ3v) is 3.00. The molecule has 1 atom stereocenters. The summed E-state index contributed by atoms with van der Waals surface area (Å²) in [5.74, 6) is -0.00344. The highest BCUT2D eigenvalue weighted by molar-refractivity contribution is 5.85. The molecule has 1 aromatic carbocycles. The molecule has 114 valence electrons. The minimum absolute atomic E-state index is 0. The van der Waals surface area contributed by atoms with E-state index in [2.05, 4.69) is 19.2 Å². The molecule has 0 spiro atoms. The third-order valence-electron chi connectivity index (χ3n) is 3.00. The zero-order valence-corrected chi connectivity index (χ0v) is 13.1. The lowest BCUT2D eigenvalue weighted by Crippen LogP contribution is -2.52. The van der Waals surface area contributed by atoms with Crippen molar-refractivity contribution in [2.24, 2.45) is 11.7 Å². The Labute approximate surface area is 126 Å². The maximum Gasteiger partial charge on any atom is 0.224 e. The Morgan fingerprint density at radius 1 is 1.45 bits per heavy atom. The highest BCUT2D eigenvalue weighted by atomic mass is 35.5. The summed E-state index contributed by atoms with van der Waals surface area (Å²) < 4.78 is 13.0. The fourth-order valence-electron chi connectivity index (χ4n) is 2.30.